The molecule has 1 nitrogen and oxygen atoms in total. The zero-order valence-corrected chi connectivity index (χ0v) is 10.1. The van der Waals surface area contributed by atoms with Crippen molar-refractivity contribution in [2.75, 3.05) is 0 Å². The molecule has 1 atom stereocenters. The maximum Gasteiger partial charge on any atom is 0.0424 e. The highest BCUT2D eigenvalue weighted by molar-refractivity contribution is 6.34. The van der Waals surface area contributed by atoms with E-state index in [1.807, 2.05) is 12.1 Å². The minimum absolute atomic E-state index is 0.0868. The van der Waals surface area contributed by atoms with Crippen molar-refractivity contribution < 1.29 is 0 Å². The molecule has 0 bridgehead atoms. The van der Waals surface area contributed by atoms with E-state index in [-0.39, 0.29) is 6.04 Å². The highest BCUT2D eigenvalue weighted by Crippen LogP contribution is 2.35. The van der Waals surface area contributed by atoms with Gasteiger partial charge in [0.2, 0.25) is 0 Å². The van der Waals surface area contributed by atoms with Crippen LogP contribution in [-0.2, 0) is 0 Å². The van der Waals surface area contributed by atoms with E-state index in [0.29, 0.717) is 16.0 Å². The molecule has 0 aliphatic heterocycles. The lowest BCUT2D eigenvalue weighted by atomic mass is 9.93. The molecule has 1 saturated carbocycles. The largest absolute Gasteiger partial charge is 0.324 e. The fraction of sp³-hybridized carbons (Fsp3) is 0.500. The summed E-state index contributed by atoms with van der Waals surface area (Å²) in [4.78, 5) is 0. The van der Waals surface area contributed by atoms with E-state index >= 15 is 0 Å². The van der Waals surface area contributed by atoms with Gasteiger partial charge in [0.05, 0.1) is 0 Å². The van der Waals surface area contributed by atoms with E-state index in [4.69, 9.17) is 28.9 Å². The van der Waals surface area contributed by atoms with Crippen LogP contribution in [0.15, 0.2) is 18.2 Å². The van der Waals surface area contributed by atoms with E-state index in [9.17, 15) is 0 Å². The summed E-state index contributed by atoms with van der Waals surface area (Å²) in [5.74, 6) is 0.597. The van der Waals surface area contributed by atoms with Crippen molar-refractivity contribution in [3.63, 3.8) is 0 Å². The van der Waals surface area contributed by atoms with Crippen LogP contribution in [-0.4, -0.2) is 0 Å². The second kappa shape index (κ2) is 4.73. The third-order valence-corrected chi connectivity index (χ3v) is 3.61. The van der Waals surface area contributed by atoms with E-state index < -0.39 is 0 Å². The molecule has 82 valence electrons. The summed E-state index contributed by atoms with van der Waals surface area (Å²) in [6.07, 6.45) is 5.05. The Morgan fingerprint density at radius 2 is 1.60 bits per heavy atom. The van der Waals surface area contributed by atoms with E-state index in [2.05, 4.69) is 0 Å². The van der Waals surface area contributed by atoms with Gasteiger partial charge in [0.1, 0.15) is 0 Å². The summed E-state index contributed by atoms with van der Waals surface area (Å²) in [6, 6.07) is 5.68. The molecule has 2 rings (SSSR count). The van der Waals surface area contributed by atoms with Crippen LogP contribution in [0.5, 0.6) is 0 Å². The minimum Gasteiger partial charge on any atom is -0.324 e. The summed E-state index contributed by atoms with van der Waals surface area (Å²) in [5.41, 5.74) is 7.29. The van der Waals surface area contributed by atoms with Crippen molar-refractivity contribution in [1.82, 2.24) is 0 Å². The first kappa shape index (κ1) is 11.3. The predicted molar refractivity (Wildman–Crippen MR) is 65.3 cm³/mol. The number of rotatable bonds is 2. The molecule has 0 heterocycles. The molecule has 0 aromatic heterocycles. The molecular formula is C12H15Cl2N. The fourth-order valence-electron chi connectivity index (χ4n) is 2.36. The molecule has 2 N–H and O–H groups in total. The molecule has 1 fully saturated rings. The molecule has 1 aromatic rings. The number of hydrogen-bond donors (Lipinski definition) is 1. The van der Waals surface area contributed by atoms with Crippen molar-refractivity contribution in [3.05, 3.63) is 33.8 Å². The van der Waals surface area contributed by atoms with Gasteiger partial charge in [-0.1, -0.05) is 36.0 Å². The smallest absolute Gasteiger partial charge is 0.0424 e. The first-order valence-electron chi connectivity index (χ1n) is 5.38. The average molecular weight is 244 g/mol. The lowest BCUT2D eigenvalue weighted by Gasteiger charge is -2.19. The Balaban J connectivity index is 2.20. The van der Waals surface area contributed by atoms with E-state index in [0.717, 1.165) is 5.56 Å². The van der Waals surface area contributed by atoms with Crippen molar-refractivity contribution in [3.8, 4) is 0 Å². The normalized spacial score (nSPS) is 19.4. The second-order valence-corrected chi connectivity index (χ2v) is 5.15. The molecule has 0 amide bonds. The van der Waals surface area contributed by atoms with Crippen LogP contribution in [0.3, 0.4) is 0 Å². The van der Waals surface area contributed by atoms with Crippen LogP contribution in [0.2, 0.25) is 10.0 Å². The Bertz CT molecular complexity index is 325. The maximum atomic E-state index is 6.22. The van der Waals surface area contributed by atoms with Gasteiger partial charge in [0.15, 0.2) is 0 Å². The summed E-state index contributed by atoms with van der Waals surface area (Å²) in [7, 11) is 0. The molecule has 0 radical (unpaired) electrons. The van der Waals surface area contributed by atoms with Gasteiger partial charge in [0, 0.05) is 16.1 Å². The van der Waals surface area contributed by atoms with Gasteiger partial charge in [0.25, 0.3) is 0 Å². The molecule has 15 heavy (non-hydrogen) atoms. The Morgan fingerprint density at radius 3 is 2.13 bits per heavy atom. The topological polar surface area (TPSA) is 26.0 Å². The molecule has 1 aliphatic carbocycles. The summed E-state index contributed by atoms with van der Waals surface area (Å²) in [6.45, 7) is 0. The molecule has 1 unspecified atom stereocenters. The molecule has 3 heteroatoms. The van der Waals surface area contributed by atoms with Crippen LogP contribution in [0.25, 0.3) is 0 Å². The SMILES string of the molecule is NC(c1cc(Cl)cc(Cl)c1)C1CCCC1. The van der Waals surface area contributed by atoms with Crippen LogP contribution in [0.4, 0.5) is 0 Å². The maximum absolute atomic E-state index is 6.22. The van der Waals surface area contributed by atoms with E-state index in [1.165, 1.54) is 25.7 Å². The summed E-state index contributed by atoms with van der Waals surface area (Å²) in [5, 5.41) is 1.34. The zero-order chi connectivity index (χ0) is 10.8. The van der Waals surface area contributed by atoms with Crippen molar-refractivity contribution >= 4 is 23.2 Å². The third-order valence-electron chi connectivity index (χ3n) is 3.18. The van der Waals surface area contributed by atoms with E-state index in [1.54, 1.807) is 6.07 Å². The van der Waals surface area contributed by atoms with Crippen LogP contribution in [0, 0.1) is 5.92 Å². The molecule has 1 aliphatic rings. The Hall–Kier alpha value is -0.240. The monoisotopic (exact) mass is 243 g/mol. The summed E-state index contributed by atoms with van der Waals surface area (Å²) >= 11 is 11.9. The van der Waals surface area contributed by atoms with Gasteiger partial charge >= 0.3 is 0 Å². The van der Waals surface area contributed by atoms with Gasteiger partial charge in [-0.25, -0.2) is 0 Å². The standard InChI is InChI=1S/C12H15Cl2N/c13-10-5-9(6-11(14)7-10)12(15)8-3-1-2-4-8/h5-8,12H,1-4,15H2. The van der Waals surface area contributed by atoms with Crippen molar-refractivity contribution in [1.29, 1.82) is 0 Å². The Kier molecular flexibility index (Phi) is 3.55. The Morgan fingerprint density at radius 1 is 1.07 bits per heavy atom. The van der Waals surface area contributed by atoms with Crippen LogP contribution >= 0.6 is 23.2 Å². The zero-order valence-electron chi connectivity index (χ0n) is 8.55. The molecule has 0 saturated heterocycles. The van der Waals surface area contributed by atoms with Gasteiger partial charge in [-0.15, -0.1) is 0 Å². The number of benzene rings is 1. The predicted octanol–water partition coefficient (Wildman–Crippen LogP) is 4.18. The first-order chi connectivity index (χ1) is 7.16. The highest BCUT2D eigenvalue weighted by atomic mass is 35.5. The number of nitrogens with two attached hydrogens (primary N) is 1. The quantitative estimate of drug-likeness (QED) is 0.829. The number of hydrogen-bond acceptors (Lipinski definition) is 1. The average Bonchev–Trinajstić information content (AvgIpc) is 2.67. The fourth-order valence-corrected chi connectivity index (χ4v) is 2.90. The molecule has 1 aromatic carbocycles. The third kappa shape index (κ3) is 2.66. The van der Waals surface area contributed by atoms with Crippen molar-refractivity contribution in [2.24, 2.45) is 11.7 Å². The lowest BCUT2D eigenvalue weighted by molar-refractivity contribution is 0.445. The second-order valence-electron chi connectivity index (χ2n) is 4.27. The highest BCUT2D eigenvalue weighted by Gasteiger charge is 2.23. The minimum atomic E-state index is 0.0868. The molecular weight excluding hydrogens is 229 g/mol. The Labute approximate surface area is 101 Å². The van der Waals surface area contributed by atoms with Gasteiger partial charge < -0.3 is 5.73 Å². The van der Waals surface area contributed by atoms with Gasteiger partial charge in [-0.3, -0.25) is 0 Å². The number of halogens is 2. The molecule has 0 spiro atoms. The summed E-state index contributed by atoms with van der Waals surface area (Å²) < 4.78 is 0. The lowest BCUT2D eigenvalue weighted by Crippen LogP contribution is -2.19. The van der Waals surface area contributed by atoms with Gasteiger partial charge in [-0.05, 0) is 42.5 Å². The first-order valence-corrected chi connectivity index (χ1v) is 6.14. The van der Waals surface area contributed by atoms with Gasteiger partial charge in [-0.2, -0.15) is 0 Å². The van der Waals surface area contributed by atoms with Crippen molar-refractivity contribution in [2.45, 2.75) is 31.7 Å². The van der Waals surface area contributed by atoms with Crippen LogP contribution < -0.4 is 5.73 Å². The van der Waals surface area contributed by atoms with Crippen LogP contribution in [0.1, 0.15) is 37.3 Å².